The van der Waals surface area contributed by atoms with Crippen molar-refractivity contribution in [3.05, 3.63) is 0 Å². The minimum atomic E-state index is -0.459. The molecular weight excluding hydrogens is 218 g/mol. The number of aliphatic hydroxyl groups is 1. The summed E-state index contributed by atoms with van der Waals surface area (Å²) in [7, 11) is 0. The van der Waals surface area contributed by atoms with Gasteiger partial charge in [0.1, 0.15) is 5.60 Å². The summed E-state index contributed by atoms with van der Waals surface area (Å²) in [6.45, 7) is 11.2. The van der Waals surface area contributed by atoms with Crippen LogP contribution in [0.1, 0.15) is 41.0 Å². The van der Waals surface area contributed by atoms with E-state index in [4.69, 9.17) is 4.74 Å². The van der Waals surface area contributed by atoms with Crippen LogP contribution in [0, 0.1) is 11.3 Å². The number of carbonyl (C=O) groups excluding carboxylic acids is 1. The van der Waals surface area contributed by atoms with Crippen molar-refractivity contribution in [2.45, 2.75) is 46.6 Å². The first kappa shape index (κ1) is 14.3. The smallest absolute Gasteiger partial charge is 0.410 e. The highest BCUT2D eigenvalue weighted by atomic mass is 16.6. The molecule has 0 spiro atoms. The van der Waals surface area contributed by atoms with Crippen molar-refractivity contribution >= 4 is 6.09 Å². The largest absolute Gasteiger partial charge is 0.444 e. The zero-order valence-electron chi connectivity index (χ0n) is 11.6. The highest BCUT2D eigenvalue weighted by Crippen LogP contribution is 2.37. The molecule has 1 heterocycles. The summed E-state index contributed by atoms with van der Waals surface area (Å²) in [4.78, 5) is 13.6. The van der Waals surface area contributed by atoms with E-state index in [1.165, 1.54) is 0 Å². The summed E-state index contributed by atoms with van der Waals surface area (Å²) >= 11 is 0. The first-order valence-corrected chi connectivity index (χ1v) is 6.29. The molecule has 1 saturated heterocycles. The Balaban J connectivity index is 2.64. The van der Waals surface area contributed by atoms with Gasteiger partial charge in [0, 0.05) is 18.5 Å². The van der Waals surface area contributed by atoms with E-state index in [1.807, 2.05) is 20.8 Å². The zero-order valence-corrected chi connectivity index (χ0v) is 11.6. The van der Waals surface area contributed by atoms with Crippen molar-refractivity contribution in [1.82, 2.24) is 4.90 Å². The predicted molar refractivity (Wildman–Crippen MR) is 66.8 cm³/mol. The van der Waals surface area contributed by atoms with Gasteiger partial charge >= 0.3 is 6.09 Å². The number of aliphatic hydroxyl groups excluding tert-OH is 1. The Hall–Kier alpha value is -0.770. The van der Waals surface area contributed by atoms with Gasteiger partial charge in [0.15, 0.2) is 0 Å². The van der Waals surface area contributed by atoms with Crippen LogP contribution in [0.4, 0.5) is 4.79 Å². The Morgan fingerprint density at radius 3 is 2.41 bits per heavy atom. The quantitative estimate of drug-likeness (QED) is 0.809. The number of hydrogen-bond acceptors (Lipinski definition) is 3. The molecule has 0 aromatic heterocycles. The molecule has 0 aromatic rings. The Labute approximate surface area is 104 Å². The maximum Gasteiger partial charge on any atom is 0.410 e. The first-order valence-electron chi connectivity index (χ1n) is 6.29. The van der Waals surface area contributed by atoms with E-state index in [9.17, 15) is 9.90 Å². The lowest BCUT2D eigenvalue weighted by molar-refractivity contribution is 0.0222. The molecule has 1 fully saturated rings. The molecule has 1 aliphatic heterocycles. The summed E-state index contributed by atoms with van der Waals surface area (Å²) in [5, 5.41) is 9.54. The minimum Gasteiger partial charge on any atom is -0.444 e. The van der Waals surface area contributed by atoms with Gasteiger partial charge < -0.3 is 14.7 Å². The topological polar surface area (TPSA) is 49.8 Å². The van der Waals surface area contributed by atoms with Gasteiger partial charge in [0.05, 0.1) is 6.61 Å². The summed E-state index contributed by atoms with van der Waals surface area (Å²) in [6, 6.07) is 0. The van der Waals surface area contributed by atoms with Gasteiger partial charge in [-0.05, 0) is 33.1 Å². The standard InChI is InChI=1S/C13H25NO3/c1-10(2)13(9-15)6-7-14(8-13)11(16)17-12(3,4)5/h10,15H,6-9H2,1-5H3. The number of likely N-dealkylation sites (tertiary alicyclic amines) is 1. The maximum atomic E-state index is 11.9. The number of ether oxygens (including phenoxy) is 1. The van der Waals surface area contributed by atoms with Crippen molar-refractivity contribution in [3.8, 4) is 0 Å². The highest BCUT2D eigenvalue weighted by Gasteiger charge is 2.42. The fourth-order valence-electron chi connectivity index (χ4n) is 2.16. The maximum absolute atomic E-state index is 11.9. The van der Waals surface area contributed by atoms with E-state index >= 15 is 0 Å². The van der Waals surface area contributed by atoms with Crippen molar-refractivity contribution in [2.24, 2.45) is 11.3 Å². The third-order valence-corrected chi connectivity index (χ3v) is 3.58. The Morgan fingerprint density at radius 2 is 2.06 bits per heavy atom. The lowest BCUT2D eigenvalue weighted by Crippen LogP contribution is -2.39. The SMILES string of the molecule is CC(C)C1(CO)CCN(C(=O)OC(C)(C)C)C1. The van der Waals surface area contributed by atoms with Crippen molar-refractivity contribution in [2.75, 3.05) is 19.7 Å². The van der Waals surface area contributed by atoms with Gasteiger partial charge in [0.2, 0.25) is 0 Å². The molecule has 1 aliphatic rings. The molecule has 0 bridgehead atoms. The highest BCUT2D eigenvalue weighted by molar-refractivity contribution is 5.68. The molecule has 1 unspecified atom stereocenters. The third kappa shape index (κ3) is 3.35. The molecule has 100 valence electrons. The fourth-order valence-corrected chi connectivity index (χ4v) is 2.16. The van der Waals surface area contributed by atoms with Gasteiger partial charge in [0.25, 0.3) is 0 Å². The fraction of sp³-hybridized carbons (Fsp3) is 0.923. The summed E-state index contributed by atoms with van der Waals surface area (Å²) in [5.74, 6) is 0.361. The second-order valence-electron chi connectivity index (χ2n) is 6.33. The summed E-state index contributed by atoms with van der Waals surface area (Å²) < 4.78 is 5.34. The molecule has 4 heteroatoms. The van der Waals surface area contributed by atoms with Gasteiger partial charge in [-0.15, -0.1) is 0 Å². The van der Waals surface area contributed by atoms with E-state index in [-0.39, 0.29) is 18.1 Å². The van der Waals surface area contributed by atoms with Crippen LogP contribution in [0.2, 0.25) is 0 Å². The minimum absolute atomic E-state index is 0.129. The van der Waals surface area contributed by atoms with Crippen LogP contribution in [-0.2, 0) is 4.74 Å². The first-order chi connectivity index (χ1) is 7.70. The number of nitrogens with zero attached hydrogens (tertiary/aromatic N) is 1. The van der Waals surface area contributed by atoms with E-state index in [0.29, 0.717) is 19.0 Å². The molecule has 17 heavy (non-hydrogen) atoms. The lowest BCUT2D eigenvalue weighted by Gasteiger charge is -2.31. The van der Waals surface area contributed by atoms with Gasteiger partial charge in [-0.25, -0.2) is 4.79 Å². The van der Waals surface area contributed by atoms with E-state index in [1.54, 1.807) is 4.90 Å². The number of carbonyl (C=O) groups is 1. The zero-order chi connectivity index (χ0) is 13.3. The van der Waals surface area contributed by atoms with E-state index in [2.05, 4.69) is 13.8 Å². The van der Waals surface area contributed by atoms with E-state index < -0.39 is 5.60 Å². The molecule has 0 saturated carbocycles. The number of hydrogen-bond donors (Lipinski definition) is 1. The van der Waals surface area contributed by atoms with Crippen LogP contribution in [0.25, 0.3) is 0 Å². The molecule has 0 aromatic carbocycles. The average Bonchev–Trinajstić information content (AvgIpc) is 2.60. The number of amides is 1. The average molecular weight is 243 g/mol. The monoisotopic (exact) mass is 243 g/mol. The molecule has 4 nitrogen and oxygen atoms in total. The predicted octanol–water partition coefficient (Wildman–Crippen LogP) is 2.26. The van der Waals surface area contributed by atoms with Gasteiger partial charge in [-0.2, -0.15) is 0 Å². The van der Waals surface area contributed by atoms with Crippen LogP contribution in [0.15, 0.2) is 0 Å². The Morgan fingerprint density at radius 1 is 1.47 bits per heavy atom. The van der Waals surface area contributed by atoms with Crippen LogP contribution in [-0.4, -0.2) is 41.4 Å². The molecular formula is C13H25NO3. The Bertz CT molecular complexity index is 283. The molecule has 1 N–H and O–H groups in total. The number of rotatable bonds is 2. The van der Waals surface area contributed by atoms with Crippen molar-refractivity contribution in [1.29, 1.82) is 0 Å². The second kappa shape index (κ2) is 4.84. The lowest BCUT2D eigenvalue weighted by atomic mass is 9.77. The van der Waals surface area contributed by atoms with Gasteiger partial charge in [-0.1, -0.05) is 13.8 Å². The van der Waals surface area contributed by atoms with Crippen LogP contribution in [0.5, 0.6) is 0 Å². The molecule has 0 radical (unpaired) electrons. The molecule has 0 aliphatic carbocycles. The van der Waals surface area contributed by atoms with Crippen molar-refractivity contribution in [3.63, 3.8) is 0 Å². The van der Waals surface area contributed by atoms with Crippen molar-refractivity contribution < 1.29 is 14.6 Å². The van der Waals surface area contributed by atoms with Crippen LogP contribution < -0.4 is 0 Å². The van der Waals surface area contributed by atoms with Gasteiger partial charge in [-0.3, -0.25) is 0 Å². The molecule has 1 rings (SSSR count). The second-order valence-corrected chi connectivity index (χ2v) is 6.33. The van der Waals surface area contributed by atoms with Crippen LogP contribution in [0.3, 0.4) is 0 Å². The molecule has 1 atom stereocenters. The third-order valence-electron chi connectivity index (χ3n) is 3.58. The molecule has 1 amide bonds. The van der Waals surface area contributed by atoms with Crippen LogP contribution >= 0.6 is 0 Å². The summed E-state index contributed by atoms with van der Waals surface area (Å²) in [5.41, 5.74) is -0.615. The van der Waals surface area contributed by atoms with E-state index in [0.717, 1.165) is 6.42 Å². The Kier molecular flexibility index (Phi) is 4.07. The normalized spacial score (nSPS) is 25.5. The summed E-state index contributed by atoms with van der Waals surface area (Å²) in [6.07, 6.45) is 0.578.